The summed E-state index contributed by atoms with van der Waals surface area (Å²) >= 11 is 0. The molecule has 0 spiro atoms. The number of amides is 1. The standard InChI is InChI=1S/C22H26F3N5O.3C2H6/c1-12-13(2)28-21(26-4)17-11-30(14(3)20(12)17)19(31)7-15-9-29(10-15)16-5-6-27-18(8-16)22(23,24)25;3*1-2/h5-6,8,14-15H,7,9-11H2,1-4H3,(H,26,28);3*1-2H3. The van der Waals surface area contributed by atoms with Crippen molar-refractivity contribution in [2.75, 3.05) is 30.4 Å². The van der Waals surface area contributed by atoms with Gasteiger partial charge in [-0.25, -0.2) is 4.98 Å². The van der Waals surface area contributed by atoms with E-state index in [4.69, 9.17) is 0 Å². The Hall–Kier alpha value is -2.84. The number of nitrogens with zero attached hydrogens (tertiary/aromatic N) is 4. The van der Waals surface area contributed by atoms with Crippen LogP contribution in [0, 0.1) is 19.8 Å². The summed E-state index contributed by atoms with van der Waals surface area (Å²) in [6.07, 6.45) is -2.90. The maximum absolute atomic E-state index is 13.1. The molecule has 0 radical (unpaired) electrons. The molecule has 1 saturated heterocycles. The van der Waals surface area contributed by atoms with Crippen LogP contribution in [0.2, 0.25) is 0 Å². The zero-order chi connectivity index (χ0) is 28.5. The van der Waals surface area contributed by atoms with Gasteiger partial charge in [0.2, 0.25) is 5.91 Å². The maximum Gasteiger partial charge on any atom is 0.433 e. The van der Waals surface area contributed by atoms with Crippen LogP contribution in [0.15, 0.2) is 18.3 Å². The number of rotatable bonds is 4. The minimum atomic E-state index is -4.46. The number of carbonyl (C=O) groups is 1. The lowest BCUT2D eigenvalue weighted by Crippen LogP contribution is -2.48. The Bertz CT molecular complexity index is 1020. The second-order valence-corrected chi connectivity index (χ2v) is 8.38. The number of aromatic nitrogens is 2. The molecule has 1 fully saturated rings. The molecule has 2 aliphatic rings. The molecule has 1 amide bonds. The molecule has 0 bridgehead atoms. The van der Waals surface area contributed by atoms with Crippen LogP contribution < -0.4 is 10.2 Å². The fourth-order valence-corrected chi connectivity index (χ4v) is 4.61. The monoisotopic (exact) mass is 523 g/mol. The van der Waals surface area contributed by atoms with E-state index in [0.29, 0.717) is 31.7 Å². The Kier molecular flexibility index (Phi) is 12.3. The molecule has 4 heterocycles. The number of carbonyl (C=O) groups excluding carboxylic acids is 1. The summed E-state index contributed by atoms with van der Waals surface area (Å²) in [6.45, 7) is 19.7. The van der Waals surface area contributed by atoms with Crippen LogP contribution >= 0.6 is 0 Å². The number of aryl methyl sites for hydroxylation is 1. The molecular formula is C28H44F3N5O. The molecule has 208 valence electrons. The molecule has 1 N–H and O–H groups in total. The molecule has 0 aliphatic carbocycles. The summed E-state index contributed by atoms with van der Waals surface area (Å²) in [5.74, 6) is 1.00. The van der Waals surface area contributed by atoms with Gasteiger partial charge in [0, 0.05) is 55.6 Å². The summed E-state index contributed by atoms with van der Waals surface area (Å²) in [5, 5.41) is 3.14. The topological polar surface area (TPSA) is 61.4 Å². The lowest BCUT2D eigenvalue weighted by atomic mass is 9.94. The van der Waals surface area contributed by atoms with Gasteiger partial charge >= 0.3 is 6.18 Å². The van der Waals surface area contributed by atoms with Gasteiger partial charge in [-0.2, -0.15) is 13.2 Å². The van der Waals surface area contributed by atoms with Crippen molar-refractivity contribution < 1.29 is 18.0 Å². The first-order valence-electron chi connectivity index (χ1n) is 13.4. The Morgan fingerprint density at radius 3 is 2.24 bits per heavy atom. The van der Waals surface area contributed by atoms with E-state index in [1.807, 2.05) is 79.2 Å². The number of nitrogens with one attached hydrogen (secondary N) is 1. The van der Waals surface area contributed by atoms with Gasteiger partial charge in [-0.1, -0.05) is 41.5 Å². The normalized spacial score (nSPS) is 16.2. The third kappa shape index (κ3) is 7.14. The van der Waals surface area contributed by atoms with Crippen LogP contribution in [0.5, 0.6) is 0 Å². The van der Waals surface area contributed by atoms with Crippen molar-refractivity contribution >= 4 is 17.4 Å². The van der Waals surface area contributed by atoms with Gasteiger partial charge in [0.25, 0.3) is 0 Å². The smallest absolute Gasteiger partial charge is 0.373 e. The molecule has 1 atom stereocenters. The Labute approximate surface area is 220 Å². The molecule has 6 nitrogen and oxygen atoms in total. The number of pyridine rings is 2. The predicted octanol–water partition coefficient (Wildman–Crippen LogP) is 7.16. The number of fused-ring (bicyclic) bond motifs is 1. The highest BCUT2D eigenvalue weighted by Gasteiger charge is 2.38. The van der Waals surface area contributed by atoms with Crippen LogP contribution in [0.4, 0.5) is 24.7 Å². The van der Waals surface area contributed by atoms with E-state index in [1.165, 1.54) is 6.20 Å². The van der Waals surface area contributed by atoms with E-state index >= 15 is 0 Å². The highest BCUT2D eigenvalue weighted by atomic mass is 19.4. The van der Waals surface area contributed by atoms with Gasteiger partial charge in [0.05, 0.1) is 12.6 Å². The lowest BCUT2D eigenvalue weighted by Gasteiger charge is -2.41. The molecule has 37 heavy (non-hydrogen) atoms. The van der Waals surface area contributed by atoms with Gasteiger partial charge < -0.3 is 15.1 Å². The van der Waals surface area contributed by atoms with Crippen molar-refractivity contribution in [3.63, 3.8) is 0 Å². The predicted molar refractivity (Wildman–Crippen MR) is 146 cm³/mol. The second kappa shape index (κ2) is 14.2. The number of alkyl halides is 3. The van der Waals surface area contributed by atoms with Crippen LogP contribution in [0.3, 0.4) is 0 Å². The molecule has 1 unspecified atom stereocenters. The molecule has 2 aromatic heterocycles. The Balaban J connectivity index is 0.00000106. The zero-order valence-electron chi connectivity index (χ0n) is 24.0. The highest BCUT2D eigenvalue weighted by molar-refractivity contribution is 5.79. The summed E-state index contributed by atoms with van der Waals surface area (Å²) in [4.78, 5) is 24.8. The first kappa shape index (κ1) is 32.2. The highest BCUT2D eigenvalue weighted by Crippen LogP contribution is 2.41. The molecule has 0 saturated carbocycles. The summed E-state index contributed by atoms with van der Waals surface area (Å²) in [7, 11) is 1.83. The van der Waals surface area contributed by atoms with Gasteiger partial charge in [-0.15, -0.1) is 0 Å². The van der Waals surface area contributed by atoms with E-state index in [1.54, 1.807) is 6.07 Å². The van der Waals surface area contributed by atoms with Gasteiger partial charge in [-0.05, 0) is 44.0 Å². The van der Waals surface area contributed by atoms with E-state index in [2.05, 4.69) is 15.3 Å². The molecule has 2 aromatic rings. The maximum atomic E-state index is 13.1. The van der Waals surface area contributed by atoms with Crippen molar-refractivity contribution in [2.45, 2.75) is 87.5 Å². The molecule has 4 rings (SSSR count). The van der Waals surface area contributed by atoms with E-state index in [-0.39, 0.29) is 17.9 Å². The van der Waals surface area contributed by atoms with Crippen molar-refractivity contribution in [3.05, 3.63) is 46.4 Å². The third-order valence-electron chi connectivity index (χ3n) is 6.43. The quantitative estimate of drug-likeness (QED) is 0.461. The lowest BCUT2D eigenvalue weighted by molar-refractivity contribution is -0.141. The van der Waals surface area contributed by atoms with Crippen molar-refractivity contribution in [2.24, 2.45) is 5.92 Å². The van der Waals surface area contributed by atoms with Crippen LogP contribution in [0.25, 0.3) is 0 Å². The number of hydrogen-bond acceptors (Lipinski definition) is 5. The van der Waals surface area contributed by atoms with Crippen LogP contribution in [-0.4, -0.2) is 40.9 Å². The number of anilines is 2. The zero-order valence-corrected chi connectivity index (χ0v) is 24.0. The first-order chi connectivity index (χ1) is 17.6. The van der Waals surface area contributed by atoms with Crippen molar-refractivity contribution in [1.29, 1.82) is 0 Å². The number of halogens is 3. The van der Waals surface area contributed by atoms with Crippen molar-refractivity contribution in [1.82, 2.24) is 14.9 Å². The molecule has 0 aromatic carbocycles. The van der Waals surface area contributed by atoms with Crippen LogP contribution in [-0.2, 0) is 17.5 Å². The second-order valence-electron chi connectivity index (χ2n) is 8.38. The Morgan fingerprint density at radius 1 is 1.11 bits per heavy atom. The van der Waals surface area contributed by atoms with Gasteiger partial charge in [0.1, 0.15) is 11.5 Å². The van der Waals surface area contributed by atoms with Gasteiger partial charge in [0.15, 0.2) is 0 Å². The molecule has 2 aliphatic heterocycles. The van der Waals surface area contributed by atoms with E-state index < -0.39 is 11.9 Å². The molecule has 9 heteroatoms. The number of hydrogen-bond donors (Lipinski definition) is 1. The van der Waals surface area contributed by atoms with E-state index in [0.717, 1.165) is 34.3 Å². The fraction of sp³-hybridized carbons (Fsp3) is 0.607. The first-order valence-corrected chi connectivity index (χ1v) is 13.4. The SMILES string of the molecule is CC.CC.CC.CNc1nc(C)c(C)c2c1CN(C(=O)CC1CN(c3ccnc(C(F)(F)F)c3)C1)C2C. The fourth-order valence-electron chi connectivity index (χ4n) is 4.61. The van der Waals surface area contributed by atoms with Gasteiger partial charge in [-0.3, -0.25) is 9.78 Å². The average molecular weight is 524 g/mol. The summed E-state index contributed by atoms with van der Waals surface area (Å²) in [5.41, 5.74) is 3.89. The average Bonchev–Trinajstić information content (AvgIpc) is 3.24. The molecular weight excluding hydrogens is 479 g/mol. The summed E-state index contributed by atoms with van der Waals surface area (Å²) in [6, 6.07) is 2.61. The minimum Gasteiger partial charge on any atom is -0.373 e. The van der Waals surface area contributed by atoms with E-state index in [9.17, 15) is 18.0 Å². The Morgan fingerprint density at radius 2 is 1.70 bits per heavy atom. The summed E-state index contributed by atoms with van der Waals surface area (Å²) < 4.78 is 38.7. The minimum absolute atomic E-state index is 0.0259. The van der Waals surface area contributed by atoms with Crippen LogP contribution in [0.1, 0.15) is 89.0 Å². The van der Waals surface area contributed by atoms with Crippen molar-refractivity contribution in [3.8, 4) is 0 Å². The third-order valence-corrected chi connectivity index (χ3v) is 6.43. The largest absolute Gasteiger partial charge is 0.433 e.